The molecule has 0 amide bonds. The van der Waals surface area contributed by atoms with Crippen molar-refractivity contribution in [3.63, 3.8) is 0 Å². The molecule has 0 atom stereocenters. The summed E-state index contributed by atoms with van der Waals surface area (Å²) in [4.78, 5) is 15.8. The van der Waals surface area contributed by atoms with Gasteiger partial charge >= 0.3 is 5.97 Å². The number of methoxy groups -OCH3 is 1. The first kappa shape index (κ1) is 20.4. The molecule has 7 nitrogen and oxygen atoms in total. The van der Waals surface area contributed by atoms with Crippen LogP contribution in [0, 0.1) is 3.57 Å². The highest BCUT2D eigenvalue weighted by Gasteiger charge is 2.11. The fourth-order valence-corrected chi connectivity index (χ4v) is 3.50. The van der Waals surface area contributed by atoms with Crippen molar-refractivity contribution in [2.75, 3.05) is 25.7 Å². The third-order valence-electron chi connectivity index (χ3n) is 3.10. The van der Waals surface area contributed by atoms with E-state index in [2.05, 4.69) is 38.1 Å². The maximum Gasteiger partial charge on any atom is 0.311 e. The summed E-state index contributed by atoms with van der Waals surface area (Å²) in [6.07, 6.45) is 1.83. The average molecular weight is 489 g/mol. The minimum Gasteiger partial charge on any atom is -0.493 e. The molecule has 0 saturated heterocycles. The number of ether oxygens (including phenoxy) is 3. The van der Waals surface area contributed by atoms with Crippen LogP contribution in [0.5, 0.6) is 11.5 Å². The molecule has 0 aliphatic carbocycles. The Bertz CT molecular complexity index is 779. The van der Waals surface area contributed by atoms with Gasteiger partial charge in [0.2, 0.25) is 5.13 Å². The van der Waals surface area contributed by atoms with E-state index in [9.17, 15) is 4.79 Å². The highest BCUT2D eigenvalue weighted by molar-refractivity contribution is 14.1. The van der Waals surface area contributed by atoms with Crippen LogP contribution in [-0.2, 0) is 16.0 Å². The van der Waals surface area contributed by atoms with Crippen molar-refractivity contribution in [3.8, 4) is 11.5 Å². The molecule has 0 radical (unpaired) electrons. The second-order valence-corrected chi connectivity index (χ2v) is 6.98. The molecule has 0 spiro atoms. The molecular formula is C17H20IN3O4S. The molecule has 26 heavy (non-hydrogen) atoms. The van der Waals surface area contributed by atoms with Crippen LogP contribution in [0.1, 0.15) is 25.1 Å². The molecule has 1 aromatic heterocycles. The number of aromatic nitrogens is 1. The number of hydrazone groups is 1. The molecule has 1 aromatic carbocycles. The Hall–Kier alpha value is -1.88. The summed E-state index contributed by atoms with van der Waals surface area (Å²) in [5, 5.41) is 6.60. The van der Waals surface area contributed by atoms with E-state index in [1.165, 1.54) is 11.3 Å². The molecule has 140 valence electrons. The maximum atomic E-state index is 11.5. The van der Waals surface area contributed by atoms with Gasteiger partial charge < -0.3 is 14.2 Å². The molecule has 0 bridgehead atoms. The number of halogens is 1. The molecule has 9 heteroatoms. The summed E-state index contributed by atoms with van der Waals surface area (Å²) in [6, 6.07) is 3.81. The Kier molecular flexibility index (Phi) is 8.10. The molecule has 0 unspecified atom stereocenters. The van der Waals surface area contributed by atoms with E-state index in [-0.39, 0.29) is 12.4 Å². The molecule has 0 fully saturated rings. The highest BCUT2D eigenvalue weighted by atomic mass is 127. The third kappa shape index (κ3) is 5.84. The fraction of sp³-hybridized carbons (Fsp3) is 0.353. The number of anilines is 1. The lowest BCUT2D eigenvalue weighted by molar-refractivity contribution is -0.142. The predicted octanol–water partition coefficient (Wildman–Crippen LogP) is 3.71. The third-order valence-corrected chi connectivity index (χ3v) is 4.69. The lowest BCUT2D eigenvalue weighted by Crippen LogP contribution is -2.07. The van der Waals surface area contributed by atoms with Gasteiger partial charge in [0.05, 0.1) is 42.2 Å². The van der Waals surface area contributed by atoms with Crippen LogP contribution >= 0.6 is 33.9 Å². The van der Waals surface area contributed by atoms with Crippen molar-refractivity contribution in [2.45, 2.75) is 20.3 Å². The zero-order valence-corrected chi connectivity index (χ0v) is 17.7. The number of nitrogens with one attached hydrogen (secondary N) is 1. The summed E-state index contributed by atoms with van der Waals surface area (Å²) < 4.78 is 16.8. The van der Waals surface area contributed by atoms with Crippen molar-refractivity contribution >= 4 is 51.2 Å². The van der Waals surface area contributed by atoms with Crippen LogP contribution in [0.25, 0.3) is 0 Å². The van der Waals surface area contributed by atoms with Gasteiger partial charge in [-0.15, -0.1) is 11.3 Å². The Morgan fingerprint density at radius 3 is 2.88 bits per heavy atom. The minimum absolute atomic E-state index is 0.157. The number of carbonyl (C=O) groups excluding carboxylic acids is 1. The topological polar surface area (TPSA) is 82.0 Å². The van der Waals surface area contributed by atoms with Crippen LogP contribution in [0.3, 0.4) is 0 Å². The van der Waals surface area contributed by atoms with Gasteiger partial charge in [0.25, 0.3) is 0 Å². The van der Waals surface area contributed by atoms with Crippen LogP contribution < -0.4 is 14.9 Å². The molecule has 0 saturated carbocycles. The number of benzene rings is 1. The number of esters is 1. The van der Waals surface area contributed by atoms with E-state index in [4.69, 9.17) is 14.2 Å². The first-order valence-corrected chi connectivity index (χ1v) is 9.92. The minimum atomic E-state index is -0.288. The van der Waals surface area contributed by atoms with Crippen LogP contribution in [0.15, 0.2) is 22.6 Å². The molecular weight excluding hydrogens is 469 g/mol. The van der Waals surface area contributed by atoms with E-state index < -0.39 is 0 Å². The fourth-order valence-electron chi connectivity index (χ4n) is 2.06. The Morgan fingerprint density at radius 1 is 1.38 bits per heavy atom. The number of hydrogen-bond acceptors (Lipinski definition) is 8. The van der Waals surface area contributed by atoms with E-state index in [1.54, 1.807) is 25.6 Å². The van der Waals surface area contributed by atoms with Crippen LogP contribution in [-0.4, -0.2) is 37.5 Å². The van der Waals surface area contributed by atoms with Crippen molar-refractivity contribution in [2.24, 2.45) is 5.10 Å². The molecule has 2 aromatic rings. The van der Waals surface area contributed by atoms with Gasteiger partial charge in [-0.25, -0.2) is 4.98 Å². The summed E-state index contributed by atoms with van der Waals surface area (Å²) in [5.41, 5.74) is 4.39. The SMILES string of the molecule is CCOC(=O)Cc1csc(NN=Cc2cc(I)c(OCC)c(OC)c2)n1. The molecule has 0 aliphatic heterocycles. The number of nitrogens with zero attached hydrogens (tertiary/aromatic N) is 2. The van der Waals surface area contributed by atoms with Crippen molar-refractivity contribution in [3.05, 3.63) is 32.3 Å². The van der Waals surface area contributed by atoms with Gasteiger partial charge in [-0.1, -0.05) is 0 Å². The quantitative estimate of drug-likeness (QED) is 0.250. The van der Waals surface area contributed by atoms with Crippen LogP contribution in [0.2, 0.25) is 0 Å². The van der Waals surface area contributed by atoms with Gasteiger partial charge in [0.1, 0.15) is 0 Å². The Morgan fingerprint density at radius 2 is 2.19 bits per heavy atom. The summed E-state index contributed by atoms with van der Waals surface area (Å²) >= 11 is 3.58. The standard InChI is InChI=1S/C17H20IN3O4S/c1-4-24-15(22)8-12-10-26-17(20-12)21-19-9-11-6-13(18)16(25-5-2)14(7-11)23-3/h6-7,9-10H,4-5,8H2,1-3H3,(H,20,21). The zero-order chi connectivity index (χ0) is 18.9. The summed E-state index contributed by atoms with van der Waals surface area (Å²) in [7, 11) is 1.60. The van der Waals surface area contributed by atoms with E-state index in [0.717, 1.165) is 14.9 Å². The van der Waals surface area contributed by atoms with Crippen molar-refractivity contribution < 1.29 is 19.0 Å². The molecule has 2 rings (SSSR count). The number of carbonyl (C=O) groups is 1. The van der Waals surface area contributed by atoms with E-state index >= 15 is 0 Å². The smallest absolute Gasteiger partial charge is 0.311 e. The largest absolute Gasteiger partial charge is 0.493 e. The Balaban J connectivity index is 2.01. The van der Waals surface area contributed by atoms with Gasteiger partial charge in [-0.3, -0.25) is 10.2 Å². The second kappa shape index (κ2) is 10.3. The van der Waals surface area contributed by atoms with E-state index in [1.807, 2.05) is 19.1 Å². The Labute approximate surface area is 169 Å². The van der Waals surface area contributed by atoms with Crippen LogP contribution in [0.4, 0.5) is 5.13 Å². The second-order valence-electron chi connectivity index (χ2n) is 4.96. The summed E-state index contributed by atoms with van der Waals surface area (Å²) in [6.45, 7) is 4.64. The monoisotopic (exact) mass is 489 g/mol. The first-order valence-electron chi connectivity index (χ1n) is 7.96. The number of rotatable bonds is 9. The number of thiazole rings is 1. The maximum absolute atomic E-state index is 11.5. The first-order chi connectivity index (χ1) is 12.6. The van der Waals surface area contributed by atoms with Crippen molar-refractivity contribution in [1.82, 2.24) is 4.98 Å². The van der Waals surface area contributed by atoms with Gasteiger partial charge in [-0.2, -0.15) is 5.10 Å². The normalized spacial score (nSPS) is 10.8. The van der Waals surface area contributed by atoms with E-state index in [0.29, 0.717) is 29.8 Å². The lowest BCUT2D eigenvalue weighted by atomic mass is 10.2. The molecule has 0 aliphatic rings. The number of hydrogen-bond donors (Lipinski definition) is 1. The average Bonchev–Trinajstić information content (AvgIpc) is 3.04. The highest BCUT2D eigenvalue weighted by Crippen LogP contribution is 2.33. The van der Waals surface area contributed by atoms with Crippen molar-refractivity contribution in [1.29, 1.82) is 0 Å². The van der Waals surface area contributed by atoms with Gasteiger partial charge in [0.15, 0.2) is 11.5 Å². The van der Waals surface area contributed by atoms with Gasteiger partial charge in [0, 0.05) is 5.38 Å². The molecule has 1 N–H and O–H groups in total. The zero-order valence-electron chi connectivity index (χ0n) is 14.7. The summed E-state index contributed by atoms with van der Waals surface area (Å²) in [5.74, 6) is 1.10. The predicted molar refractivity (Wildman–Crippen MR) is 111 cm³/mol. The lowest BCUT2D eigenvalue weighted by Gasteiger charge is -2.11. The molecule has 1 heterocycles. The van der Waals surface area contributed by atoms with Gasteiger partial charge in [-0.05, 0) is 54.1 Å².